The molecule has 0 saturated carbocycles. The number of carbonyl (C=O) groups excluding carboxylic acids is 2. The molecule has 0 aliphatic carbocycles. The highest BCUT2D eigenvalue weighted by molar-refractivity contribution is 5.90. The normalized spacial score (nSPS) is 10.6. The lowest BCUT2D eigenvalue weighted by Gasteiger charge is -2.07. The van der Waals surface area contributed by atoms with Gasteiger partial charge in [-0.05, 0) is 72.2 Å². The van der Waals surface area contributed by atoms with Crippen molar-refractivity contribution in [2.75, 3.05) is 13.2 Å². The Balaban J connectivity index is 1.08. The molecule has 0 aliphatic rings. The van der Waals surface area contributed by atoms with Crippen molar-refractivity contribution in [1.82, 2.24) is 0 Å². The molecule has 4 aromatic rings. The Morgan fingerprint density at radius 3 is 1.11 bits per heavy atom. The van der Waals surface area contributed by atoms with E-state index in [0.29, 0.717) is 24.3 Å². The van der Waals surface area contributed by atoms with Crippen LogP contribution in [-0.4, -0.2) is 25.2 Å². The van der Waals surface area contributed by atoms with Crippen LogP contribution in [-0.2, 0) is 9.47 Å². The molecule has 0 fully saturated rings. The van der Waals surface area contributed by atoms with Gasteiger partial charge in [-0.15, -0.1) is 0 Å². The Labute approximate surface area is 212 Å². The van der Waals surface area contributed by atoms with E-state index in [9.17, 15) is 9.59 Å². The molecule has 0 saturated heterocycles. The summed E-state index contributed by atoms with van der Waals surface area (Å²) in [6.45, 7) is 0.764. The molecule has 0 N–H and O–H groups in total. The summed E-state index contributed by atoms with van der Waals surface area (Å²) in [7, 11) is 0. The van der Waals surface area contributed by atoms with Crippen molar-refractivity contribution in [3.8, 4) is 22.3 Å². The lowest BCUT2D eigenvalue weighted by Crippen LogP contribution is -2.07. The highest BCUT2D eigenvalue weighted by Crippen LogP contribution is 2.20. The topological polar surface area (TPSA) is 52.6 Å². The first kappa shape index (κ1) is 24.9. The largest absolute Gasteiger partial charge is 0.462 e. The molecule has 36 heavy (non-hydrogen) atoms. The molecule has 0 radical (unpaired) electrons. The molecule has 182 valence electrons. The van der Waals surface area contributed by atoms with Crippen LogP contribution in [0.3, 0.4) is 0 Å². The van der Waals surface area contributed by atoms with E-state index < -0.39 is 0 Å². The number of benzene rings is 4. The number of ether oxygens (including phenoxy) is 2. The molecule has 0 aliphatic heterocycles. The van der Waals surface area contributed by atoms with Crippen LogP contribution < -0.4 is 0 Å². The molecule has 0 spiro atoms. The lowest BCUT2D eigenvalue weighted by molar-refractivity contribution is 0.0473. The van der Waals surface area contributed by atoms with Gasteiger partial charge in [-0.25, -0.2) is 9.59 Å². The van der Waals surface area contributed by atoms with E-state index in [1.54, 1.807) is 24.3 Å². The third kappa shape index (κ3) is 7.16. The Hall–Kier alpha value is -4.18. The minimum absolute atomic E-state index is 0.304. The van der Waals surface area contributed by atoms with Crippen molar-refractivity contribution >= 4 is 11.9 Å². The van der Waals surface area contributed by atoms with E-state index in [2.05, 4.69) is 0 Å². The summed E-state index contributed by atoms with van der Waals surface area (Å²) in [5.41, 5.74) is 5.47. The van der Waals surface area contributed by atoms with Crippen molar-refractivity contribution in [3.63, 3.8) is 0 Å². The fourth-order valence-corrected chi connectivity index (χ4v) is 3.91. The molecule has 4 aromatic carbocycles. The minimum Gasteiger partial charge on any atom is -0.462 e. The van der Waals surface area contributed by atoms with Crippen molar-refractivity contribution in [1.29, 1.82) is 0 Å². The number of rotatable bonds is 11. The first-order valence-corrected chi connectivity index (χ1v) is 12.4. The van der Waals surface area contributed by atoms with Gasteiger partial charge in [0.2, 0.25) is 0 Å². The lowest BCUT2D eigenvalue weighted by atomic mass is 10.0. The zero-order chi connectivity index (χ0) is 25.0. The van der Waals surface area contributed by atoms with E-state index in [0.717, 1.165) is 47.9 Å². The van der Waals surface area contributed by atoms with E-state index in [1.165, 1.54) is 0 Å². The van der Waals surface area contributed by atoms with Crippen LogP contribution in [0.2, 0.25) is 0 Å². The van der Waals surface area contributed by atoms with Crippen LogP contribution in [0.15, 0.2) is 109 Å². The molecule has 0 unspecified atom stereocenters. The van der Waals surface area contributed by atoms with E-state index in [1.807, 2.05) is 84.9 Å². The van der Waals surface area contributed by atoms with Crippen molar-refractivity contribution in [3.05, 3.63) is 120 Å². The standard InChI is InChI=1S/C32H30O4/c33-31(29-19-15-27(16-20-29)25-11-5-3-6-12-25)35-23-9-1-2-10-24-36-32(34)30-21-17-28(18-22-30)26-13-7-4-8-14-26/h3-8,11-22H,1-2,9-10,23-24H2. The fourth-order valence-electron chi connectivity index (χ4n) is 3.91. The molecule has 0 atom stereocenters. The van der Waals surface area contributed by atoms with Crippen LogP contribution >= 0.6 is 0 Å². The molecule has 0 bridgehead atoms. The third-order valence-corrected chi connectivity index (χ3v) is 5.96. The van der Waals surface area contributed by atoms with Crippen LogP contribution in [0.1, 0.15) is 46.4 Å². The van der Waals surface area contributed by atoms with Gasteiger partial charge in [0.15, 0.2) is 0 Å². The van der Waals surface area contributed by atoms with Crippen LogP contribution in [0.4, 0.5) is 0 Å². The Morgan fingerprint density at radius 1 is 0.417 bits per heavy atom. The molecule has 4 rings (SSSR count). The van der Waals surface area contributed by atoms with Gasteiger partial charge in [-0.1, -0.05) is 84.9 Å². The predicted octanol–water partition coefficient (Wildman–Crippen LogP) is 7.59. The van der Waals surface area contributed by atoms with Gasteiger partial charge in [0, 0.05) is 0 Å². The van der Waals surface area contributed by atoms with Gasteiger partial charge in [-0.2, -0.15) is 0 Å². The van der Waals surface area contributed by atoms with Crippen molar-refractivity contribution < 1.29 is 19.1 Å². The van der Waals surface area contributed by atoms with Gasteiger partial charge in [0.25, 0.3) is 0 Å². The van der Waals surface area contributed by atoms with Gasteiger partial charge >= 0.3 is 11.9 Å². The summed E-state index contributed by atoms with van der Waals surface area (Å²) in [5, 5.41) is 0. The van der Waals surface area contributed by atoms with Crippen molar-refractivity contribution in [2.24, 2.45) is 0 Å². The van der Waals surface area contributed by atoms with Crippen molar-refractivity contribution in [2.45, 2.75) is 25.7 Å². The Morgan fingerprint density at radius 2 is 0.750 bits per heavy atom. The second kappa shape index (κ2) is 13.1. The summed E-state index contributed by atoms with van der Waals surface area (Å²) in [6.07, 6.45) is 3.37. The van der Waals surface area contributed by atoms with Gasteiger partial charge < -0.3 is 9.47 Å². The first-order chi connectivity index (χ1) is 17.7. The van der Waals surface area contributed by atoms with Gasteiger partial charge in [-0.3, -0.25) is 0 Å². The highest BCUT2D eigenvalue weighted by Gasteiger charge is 2.09. The number of esters is 2. The summed E-state index contributed by atoms with van der Waals surface area (Å²) in [4.78, 5) is 24.5. The molecule has 0 aromatic heterocycles. The van der Waals surface area contributed by atoms with Gasteiger partial charge in [0.05, 0.1) is 24.3 Å². The quantitative estimate of drug-likeness (QED) is 0.165. The number of hydrogen-bond donors (Lipinski definition) is 0. The van der Waals surface area contributed by atoms with Crippen LogP contribution in [0, 0.1) is 0 Å². The molecular formula is C32H30O4. The average molecular weight is 479 g/mol. The van der Waals surface area contributed by atoms with Gasteiger partial charge in [0.1, 0.15) is 0 Å². The molecule has 0 heterocycles. The predicted molar refractivity (Wildman–Crippen MR) is 143 cm³/mol. The van der Waals surface area contributed by atoms with Crippen LogP contribution in [0.25, 0.3) is 22.3 Å². The summed E-state index contributed by atoms with van der Waals surface area (Å²) in [6, 6.07) is 35.0. The highest BCUT2D eigenvalue weighted by atomic mass is 16.5. The van der Waals surface area contributed by atoms with E-state index >= 15 is 0 Å². The Kier molecular flexibility index (Phi) is 9.04. The summed E-state index contributed by atoms with van der Waals surface area (Å²) < 4.78 is 10.8. The smallest absolute Gasteiger partial charge is 0.338 e. The zero-order valence-electron chi connectivity index (χ0n) is 20.3. The average Bonchev–Trinajstić information content (AvgIpc) is 2.95. The molecule has 4 nitrogen and oxygen atoms in total. The third-order valence-electron chi connectivity index (χ3n) is 5.96. The van der Waals surface area contributed by atoms with E-state index in [4.69, 9.17) is 9.47 Å². The number of carbonyl (C=O) groups is 2. The SMILES string of the molecule is O=C(OCCCCCCOC(=O)c1ccc(-c2ccccc2)cc1)c1ccc(-c2ccccc2)cc1. The molecule has 0 amide bonds. The molecule has 4 heteroatoms. The monoisotopic (exact) mass is 478 g/mol. The molecular weight excluding hydrogens is 448 g/mol. The maximum atomic E-state index is 12.3. The number of hydrogen-bond acceptors (Lipinski definition) is 4. The second-order valence-electron chi connectivity index (χ2n) is 8.57. The zero-order valence-corrected chi connectivity index (χ0v) is 20.3. The number of unbranched alkanes of at least 4 members (excludes halogenated alkanes) is 3. The maximum Gasteiger partial charge on any atom is 0.338 e. The van der Waals surface area contributed by atoms with E-state index in [-0.39, 0.29) is 11.9 Å². The minimum atomic E-state index is -0.304. The fraction of sp³-hybridized carbons (Fsp3) is 0.188. The summed E-state index contributed by atoms with van der Waals surface area (Å²) >= 11 is 0. The second-order valence-corrected chi connectivity index (χ2v) is 8.57. The summed E-state index contributed by atoms with van der Waals surface area (Å²) in [5.74, 6) is -0.608. The Bertz CT molecular complexity index is 1130. The maximum absolute atomic E-state index is 12.3. The first-order valence-electron chi connectivity index (χ1n) is 12.4. The van der Waals surface area contributed by atoms with Crippen LogP contribution in [0.5, 0.6) is 0 Å².